The maximum atomic E-state index is 11.3. The molecule has 0 aromatic rings. The minimum Gasteiger partial charge on any atom is -0.396 e. The molecule has 0 radical (unpaired) electrons. The molecule has 4 saturated carbocycles. The average molecular weight is 451 g/mol. The molecule has 4 fully saturated rings. The number of aliphatic hydroxyl groups excluding tert-OH is 5. The second kappa shape index (κ2) is 8.96. The van der Waals surface area contributed by atoms with Gasteiger partial charge in [0.1, 0.15) is 0 Å². The molecule has 4 rings (SSSR count). The zero-order valence-corrected chi connectivity index (χ0v) is 20.4. The fourth-order valence-electron chi connectivity index (χ4n) is 9.04. The van der Waals surface area contributed by atoms with Gasteiger partial charge in [0.05, 0.1) is 24.4 Å². The summed E-state index contributed by atoms with van der Waals surface area (Å²) in [6.07, 6.45) is 7.99. The molecule has 0 saturated heterocycles. The van der Waals surface area contributed by atoms with Gasteiger partial charge in [0.2, 0.25) is 0 Å². The van der Waals surface area contributed by atoms with Crippen LogP contribution in [0.15, 0.2) is 12.2 Å². The Labute approximate surface area is 193 Å². The van der Waals surface area contributed by atoms with Gasteiger partial charge in [0.15, 0.2) is 0 Å². The largest absolute Gasteiger partial charge is 0.396 e. The van der Waals surface area contributed by atoms with Crippen molar-refractivity contribution >= 4 is 0 Å². The van der Waals surface area contributed by atoms with Gasteiger partial charge >= 0.3 is 0 Å². The van der Waals surface area contributed by atoms with Crippen LogP contribution in [-0.4, -0.2) is 56.6 Å². The first-order chi connectivity index (χ1) is 15.0. The van der Waals surface area contributed by atoms with E-state index in [0.717, 1.165) is 32.1 Å². The van der Waals surface area contributed by atoms with E-state index in [2.05, 4.69) is 32.9 Å². The molecule has 32 heavy (non-hydrogen) atoms. The molecular formula is C27H46O5. The third-order valence-electron chi connectivity index (χ3n) is 10.7. The number of fused-ring (bicyclic) bond motifs is 5. The molecule has 184 valence electrons. The number of aliphatic hydroxyl groups is 5. The molecule has 5 N–H and O–H groups in total. The van der Waals surface area contributed by atoms with Gasteiger partial charge in [-0.05, 0) is 97.2 Å². The van der Waals surface area contributed by atoms with Crippen molar-refractivity contribution in [1.29, 1.82) is 0 Å². The Morgan fingerprint density at radius 3 is 2.28 bits per heavy atom. The van der Waals surface area contributed by atoms with Crippen LogP contribution in [-0.2, 0) is 0 Å². The Morgan fingerprint density at radius 1 is 0.906 bits per heavy atom. The van der Waals surface area contributed by atoms with Crippen molar-refractivity contribution in [3.05, 3.63) is 12.2 Å². The van der Waals surface area contributed by atoms with Gasteiger partial charge < -0.3 is 25.5 Å². The summed E-state index contributed by atoms with van der Waals surface area (Å²) in [5.41, 5.74) is -0.166. The summed E-state index contributed by atoms with van der Waals surface area (Å²) in [6.45, 7) is 8.93. The summed E-state index contributed by atoms with van der Waals surface area (Å²) in [5, 5.41) is 53.3. The highest BCUT2D eigenvalue weighted by Crippen LogP contribution is 2.68. The van der Waals surface area contributed by atoms with Crippen LogP contribution < -0.4 is 0 Å². The van der Waals surface area contributed by atoms with E-state index in [4.69, 9.17) is 0 Å². The Balaban J connectivity index is 1.59. The fraction of sp³-hybridized carbons (Fsp3) is 0.926. The summed E-state index contributed by atoms with van der Waals surface area (Å²) in [4.78, 5) is 0. The van der Waals surface area contributed by atoms with Crippen LogP contribution in [0.4, 0.5) is 0 Å². The van der Waals surface area contributed by atoms with Crippen molar-refractivity contribution < 1.29 is 25.5 Å². The number of rotatable bonds is 5. The minimum absolute atomic E-state index is 0.00238. The molecule has 5 nitrogen and oxygen atoms in total. The lowest BCUT2D eigenvalue weighted by Crippen LogP contribution is -2.59. The van der Waals surface area contributed by atoms with E-state index in [0.29, 0.717) is 18.8 Å². The number of allylic oxidation sites excluding steroid dienone is 2. The van der Waals surface area contributed by atoms with E-state index in [1.54, 1.807) is 0 Å². The van der Waals surface area contributed by atoms with Gasteiger partial charge in [-0.3, -0.25) is 0 Å². The molecule has 4 aliphatic carbocycles. The molecule has 5 heteroatoms. The smallest absolute Gasteiger partial charge is 0.0841 e. The van der Waals surface area contributed by atoms with Gasteiger partial charge in [-0.2, -0.15) is 0 Å². The zero-order chi connectivity index (χ0) is 23.4. The van der Waals surface area contributed by atoms with Crippen molar-refractivity contribution in [2.75, 3.05) is 6.61 Å². The molecule has 0 spiro atoms. The first kappa shape index (κ1) is 24.7. The lowest BCUT2D eigenvalue weighted by atomic mass is 9.43. The van der Waals surface area contributed by atoms with E-state index >= 15 is 0 Å². The van der Waals surface area contributed by atoms with Crippen LogP contribution in [0.3, 0.4) is 0 Å². The lowest BCUT2D eigenvalue weighted by molar-refractivity contribution is -0.181. The van der Waals surface area contributed by atoms with Crippen LogP contribution in [0.2, 0.25) is 0 Å². The quantitative estimate of drug-likeness (QED) is 0.414. The molecule has 0 aromatic carbocycles. The summed E-state index contributed by atoms with van der Waals surface area (Å²) >= 11 is 0. The summed E-state index contributed by atoms with van der Waals surface area (Å²) in [6, 6.07) is 0. The van der Waals surface area contributed by atoms with Crippen molar-refractivity contribution in [1.82, 2.24) is 0 Å². The van der Waals surface area contributed by atoms with Crippen LogP contribution in [0, 0.1) is 52.3 Å². The molecule has 0 bridgehead atoms. The van der Waals surface area contributed by atoms with Crippen LogP contribution in [0.5, 0.6) is 0 Å². The Kier molecular flexibility index (Phi) is 6.90. The normalized spacial score (nSPS) is 52.8. The summed E-state index contributed by atoms with van der Waals surface area (Å²) in [7, 11) is 0. The second-order valence-corrected chi connectivity index (χ2v) is 12.5. The maximum Gasteiger partial charge on any atom is 0.0841 e. The molecule has 0 aromatic heterocycles. The van der Waals surface area contributed by atoms with Crippen LogP contribution >= 0.6 is 0 Å². The third-order valence-corrected chi connectivity index (χ3v) is 10.7. The third kappa shape index (κ3) is 3.80. The molecule has 0 heterocycles. The lowest BCUT2D eigenvalue weighted by Gasteiger charge is -2.62. The van der Waals surface area contributed by atoms with Crippen LogP contribution in [0.25, 0.3) is 0 Å². The van der Waals surface area contributed by atoms with Gasteiger partial charge in [0, 0.05) is 6.61 Å². The van der Waals surface area contributed by atoms with E-state index in [9.17, 15) is 25.5 Å². The first-order valence-corrected chi connectivity index (χ1v) is 13.0. The molecule has 4 aliphatic rings. The molecule has 0 amide bonds. The standard InChI is InChI=1S/C27H46O5/c1-15(14-28)6-5-7-16(2)22-24(31)25(32)23-18-13-21(30)20-12-17(29)8-10-26(20,3)19(18)9-11-27(22,23)4/h5,7,15-25,28-32H,6,8-14H2,1-4H3/b7-5+/t15-,16+,17-,18+,19-,20+,21+,22-,23+,24+,25+,26+,27+/m0/s1. The second-order valence-electron chi connectivity index (χ2n) is 12.5. The maximum absolute atomic E-state index is 11.3. The van der Waals surface area contributed by atoms with Gasteiger partial charge in [-0.25, -0.2) is 0 Å². The van der Waals surface area contributed by atoms with Gasteiger partial charge in [0.25, 0.3) is 0 Å². The van der Waals surface area contributed by atoms with E-state index in [-0.39, 0.29) is 59.0 Å². The van der Waals surface area contributed by atoms with Crippen molar-refractivity contribution in [3.8, 4) is 0 Å². The zero-order valence-electron chi connectivity index (χ0n) is 20.4. The van der Waals surface area contributed by atoms with E-state index < -0.39 is 18.3 Å². The topological polar surface area (TPSA) is 101 Å². The van der Waals surface area contributed by atoms with E-state index in [1.165, 1.54) is 0 Å². The average Bonchev–Trinajstić information content (AvgIpc) is 2.94. The molecule has 0 unspecified atom stereocenters. The minimum atomic E-state index is -0.758. The molecule has 0 aliphatic heterocycles. The molecule has 13 atom stereocenters. The Morgan fingerprint density at radius 2 is 1.59 bits per heavy atom. The highest BCUT2D eigenvalue weighted by atomic mass is 16.3. The fourth-order valence-corrected chi connectivity index (χ4v) is 9.04. The molecular weight excluding hydrogens is 404 g/mol. The summed E-state index contributed by atoms with van der Waals surface area (Å²) in [5.74, 6) is 1.11. The van der Waals surface area contributed by atoms with Crippen LogP contribution in [0.1, 0.15) is 72.6 Å². The van der Waals surface area contributed by atoms with Gasteiger partial charge in [-0.1, -0.05) is 39.8 Å². The van der Waals surface area contributed by atoms with Crippen molar-refractivity contribution in [3.63, 3.8) is 0 Å². The number of hydrogen-bond donors (Lipinski definition) is 5. The Hall–Kier alpha value is -0.460. The monoisotopic (exact) mass is 450 g/mol. The highest BCUT2D eigenvalue weighted by Gasteiger charge is 2.67. The van der Waals surface area contributed by atoms with Crippen molar-refractivity contribution in [2.24, 2.45) is 52.3 Å². The summed E-state index contributed by atoms with van der Waals surface area (Å²) < 4.78 is 0. The SMILES string of the molecule is C[C@H](CO)C/C=C/[C@@H](C)[C@H]1[C@@H](O)[C@H](O)[C@H]2[C@@H]3C[C@@H](O)[C@H]4C[C@@H](O)CC[C@]4(C)[C@H]3CC[C@]12C. The van der Waals surface area contributed by atoms with E-state index in [1.807, 2.05) is 6.92 Å². The predicted molar refractivity (Wildman–Crippen MR) is 125 cm³/mol. The number of hydrogen-bond acceptors (Lipinski definition) is 5. The first-order valence-electron chi connectivity index (χ1n) is 13.0. The Bertz CT molecular complexity index is 696. The highest BCUT2D eigenvalue weighted by molar-refractivity contribution is 5.17. The van der Waals surface area contributed by atoms with Gasteiger partial charge in [-0.15, -0.1) is 0 Å². The predicted octanol–water partition coefficient (Wildman–Crippen LogP) is 3.13. The van der Waals surface area contributed by atoms with Crippen molar-refractivity contribution in [2.45, 2.75) is 97.1 Å².